The molecule has 21 heavy (non-hydrogen) atoms. The molecule has 0 aromatic carbocycles. The molecule has 1 aromatic heterocycles. The molecule has 3 rings (SSSR count). The molecule has 0 atom stereocenters. The molecular weight excluding hydrogens is 282 g/mol. The highest BCUT2D eigenvalue weighted by atomic mass is 35.5. The predicted octanol–water partition coefficient (Wildman–Crippen LogP) is 4.00. The first-order valence-corrected chi connectivity index (χ1v) is 8.55. The standard InChI is InChI=1S/C17H26ClN3/c1-17(2)8-3-10-21(11-9-17)16-7-6-14(18)15(20-16)12-19-13-4-5-13/h6-7,13,19H,3-5,8-12H2,1-2H3. The van der Waals surface area contributed by atoms with Gasteiger partial charge in [0, 0.05) is 25.7 Å². The van der Waals surface area contributed by atoms with Gasteiger partial charge >= 0.3 is 0 Å². The molecule has 1 aromatic rings. The van der Waals surface area contributed by atoms with Gasteiger partial charge in [-0.25, -0.2) is 4.98 Å². The zero-order chi connectivity index (χ0) is 14.9. The van der Waals surface area contributed by atoms with Crippen molar-refractivity contribution in [2.45, 2.75) is 58.5 Å². The maximum Gasteiger partial charge on any atom is 0.128 e. The fourth-order valence-corrected chi connectivity index (χ4v) is 3.13. The fourth-order valence-electron chi connectivity index (χ4n) is 2.95. The summed E-state index contributed by atoms with van der Waals surface area (Å²) in [7, 11) is 0. The summed E-state index contributed by atoms with van der Waals surface area (Å²) >= 11 is 6.30. The minimum atomic E-state index is 0.456. The van der Waals surface area contributed by atoms with Crippen molar-refractivity contribution in [1.82, 2.24) is 10.3 Å². The van der Waals surface area contributed by atoms with Crippen LogP contribution >= 0.6 is 11.6 Å². The third-order valence-corrected chi connectivity index (χ3v) is 5.05. The number of pyridine rings is 1. The van der Waals surface area contributed by atoms with Crippen molar-refractivity contribution in [2.24, 2.45) is 5.41 Å². The van der Waals surface area contributed by atoms with Gasteiger partial charge in [0.15, 0.2) is 0 Å². The van der Waals surface area contributed by atoms with Crippen molar-refractivity contribution in [3.8, 4) is 0 Å². The van der Waals surface area contributed by atoms with Crippen molar-refractivity contribution < 1.29 is 0 Å². The second-order valence-electron chi connectivity index (χ2n) is 7.26. The Hall–Kier alpha value is -0.800. The van der Waals surface area contributed by atoms with E-state index in [1.54, 1.807) is 0 Å². The Labute approximate surface area is 133 Å². The third kappa shape index (κ3) is 4.10. The Morgan fingerprint density at radius 2 is 2.10 bits per heavy atom. The molecule has 116 valence electrons. The quantitative estimate of drug-likeness (QED) is 0.911. The molecule has 1 N–H and O–H groups in total. The Morgan fingerprint density at radius 1 is 1.29 bits per heavy atom. The van der Waals surface area contributed by atoms with Crippen LogP contribution in [0.2, 0.25) is 5.02 Å². The molecule has 4 heteroatoms. The number of anilines is 1. The van der Waals surface area contributed by atoms with Gasteiger partial charge in [0.25, 0.3) is 0 Å². The molecular formula is C17H26ClN3. The molecule has 1 aliphatic carbocycles. The second kappa shape index (κ2) is 6.13. The zero-order valence-electron chi connectivity index (χ0n) is 13.2. The highest BCUT2D eigenvalue weighted by molar-refractivity contribution is 6.31. The van der Waals surface area contributed by atoms with Gasteiger partial charge in [-0.3, -0.25) is 0 Å². The Kier molecular flexibility index (Phi) is 4.41. The van der Waals surface area contributed by atoms with E-state index >= 15 is 0 Å². The first kappa shape index (κ1) is 15.1. The molecule has 0 unspecified atom stereocenters. The van der Waals surface area contributed by atoms with Crippen LogP contribution in [0, 0.1) is 5.41 Å². The number of rotatable bonds is 4. The summed E-state index contributed by atoms with van der Waals surface area (Å²) in [5.41, 5.74) is 1.45. The molecule has 2 fully saturated rings. The van der Waals surface area contributed by atoms with Crippen LogP contribution in [-0.2, 0) is 6.54 Å². The number of nitrogens with one attached hydrogen (secondary N) is 1. The van der Waals surface area contributed by atoms with Gasteiger partial charge in [-0.05, 0) is 49.7 Å². The summed E-state index contributed by atoms with van der Waals surface area (Å²) < 4.78 is 0. The van der Waals surface area contributed by atoms with Gasteiger partial charge in [-0.1, -0.05) is 25.4 Å². The molecule has 3 nitrogen and oxygen atoms in total. The van der Waals surface area contributed by atoms with Crippen LogP contribution in [0.3, 0.4) is 0 Å². The average Bonchev–Trinajstić information content (AvgIpc) is 3.26. The molecule has 0 spiro atoms. The van der Waals surface area contributed by atoms with E-state index in [-0.39, 0.29) is 0 Å². The van der Waals surface area contributed by atoms with E-state index in [1.165, 1.54) is 32.1 Å². The Balaban J connectivity index is 1.70. The van der Waals surface area contributed by atoms with Crippen molar-refractivity contribution in [2.75, 3.05) is 18.0 Å². The number of hydrogen-bond acceptors (Lipinski definition) is 3. The lowest BCUT2D eigenvalue weighted by atomic mass is 9.85. The molecule has 2 aliphatic rings. The normalized spacial score (nSPS) is 22.1. The van der Waals surface area contributed by atoms with Gasteiger partial charge < -0.3 is 10.2 Å². The Bertz CT molecular complexity index is 497. The van der Waals surface area contributed by atoms with Crippen LogP contribution in [0.5, 0.6) is 0 Å². The van der Waals surface area contributed by atoms with E-state index in [2.05, 4.69) is 30.1 Å². The summed E-state index contributed by atoms with van der Waals surface area (Å²) in [5, 5.41) is 4.28. The van der Waals surface area contributed by atoms with Crippen LogP contribution < -0.4 is 10.2 Å². The molecule has 0 radical (unpaired) electrons. The monoisotopic (exact) mass is 307 g/mol. The van der Waals surface area contributed by atoms with Crippen molar-refractivity contribution in [1.29, 1.82) is 0 Å². The van der Waals surface area contributed by atoms with Crippen LogP contribution in [0.25, 0.3) is 0 Å². The average molecular weight is 308 g/mol. The van der Waals surface area contributed by atoms with Gasteiger partial charge in [0.2, 0.25) is 0 Å². The summed E-state index contributed by atoms with van der Waals surface area (Å²) in [4.78, 5) is 7.24. The summed E-state index contributed by atoms with van der Waals surface area (Å²) in [6.07, 6.45) is 6.35. The Morgan fingerprint density at radius 3 is 2.86 bits per heavy atom. The van der Waals surface area contributed by atoms with E-state index in [0.29, 0.717) is 11.5 Å². The van der Waals surface area contributed by atoms with Gasteiger partial charge in [-0.15, -0.1) is 0 Å². The predicted molar refractivity (Wildman–Crippen MR) is 89.0 cm³/mol. The topological polar surface area (TPSA) is 28.2 Å². The number of aromatic nitrogens is 1. The lowest BCUT2D eigenvalue weighted by molar-refractivity contribution is 0.325. The smallest absolute Gasteiger partial charge is 0.128 e. The van der Waals surface area contributed by atoms with E-state index in [9.17, 15) is 0 Å². The van der Waals surface area contributed by atoms with Crippen LogP contribution in [0.15, 0.2) is 12.1 Å². The number of halogens is 1. The largest absolute Gasteiger partial charge is 0.357 e. The van der Waals surface area contributed by atoms with E-state index in [1.807, 2.05) is 6.07 Å². The first-order valence-electron chi connectivity index (χ1n) is 8.17. The summed E-state index contributed by atoms with van der Waals surface area (Å²) in [6, 6.07) is 4.76. The molecule has 0 bridgehead atoms. The van der Waals surface area contributed by atoms with Crippen LogP contribution in [0.1, 0.15) is 51.6 Å². The fraction of sp³-hybridized carbons (Fsp3) is 0.706. The van der Waals surface area contributed by atoms with Gasteiger partial charge in [0.1, 0.15) is 5.82 Å². The molecule has 0 amide bonds. The van der Waals surface area contributed by atoms with Crippen LogP contribution in [-0.4, -0.2) is 24.1 Å². The van der Waals surface area contributed by atoms with Crippen molar-refractivity contribution >= 4 is 17.4 Å². The van der Waals surface area contributed by atoms with E-state index < -0.39 is 0 Å². The highest BCUT2D eigenvalue weighted by Gasteiger charge is 2.24. The zero-order valence-corrected chi connectivity index (χ0v) is 13.9. The number of nitrogens with zero attached hydrogens (tertiary/aromatic N) is 2. The molecule has 1 saturated heterocycles. The minimum Gasteiger partial charge on any atom is -0.357 e. The van der Waals surface area contributed by atoms with E-state index in [4.69, 9.17) is 16.6 Å². The highest BCUT2D eigenvalue weighted by Crippen LogP contribution is 2.31. The number of hydrogen-bond donors (Lipinski definition) is 1. The lowest BCUT2D eigenvalue weighted by Gasteiger charge is -2.24. The summed E-state index contributed by atoms with van der Waals surface area (Å²) in [6.45, 7) is 7.73. The SMILES string of the molecule is CC1(C)CCCN(c2ccc(Cl)c(CNC3CC3)n2)CC1. The van der Waals surface area contributed by atoms with Crippen molar-refractivity contribution in [3.05, 3.63) is 22.8 Å². The van der Waals surface area contributed by atoms with E-state index in [0.717, 1.165) is 36.2 Å². The summed E-state index contributed by atoms with van der Waals surface area (Å²) in [5.74, 6) is 1.09. The van der Waals surface area contributed by atoms with Gasteiger partial charge in [0.05, 0.1) is 10.7 Å². The minimum absolute atomic E-state index is 0.456. The second-order valence-corrected chi connectivity index (χ2v) is 7.67. The molecule has 2 heterocycles. The molecule has 1 saturated carbocycles. The third-order valence-electron chi connectivity index (χ3n) is 4.70. The molecule has 1 aliphatic heterocycles. The lowest BCUT2D eigenvalue weighted by Crippen LogP contribution is -2.26. The first-order chi connectivity index (χ1) is 10.0. The van der Waals surface area contributed by atoms with Crippen molar-refractivity contribution in [3.63, 3.8) is 0 Å². The maximum absolute atomic E-state index is 6.30. The van der Waals surface area contributed by atoms with Crippen LogP contribution in [0.4, 0.5) is 5.82 Å². The van der Waals surface area contributed by atoms with Gasteiger partial charge in [-0.2, -0.15) is 0 Å². The maximum atomic E-state index is 6.30.